The summed E-state index contributed by atoms with van der Waals surface area (Å²) in [5, 5.41) is 1.28. The van der Waals surface area contributed by atoms with Gasteiger partial charge in [-0.2, -0.15) is 0 Å². The maximum Gasteiger partial charge on any atom is 0.0597 e. The van der Waals surface area contributed by atoms with Gasteiger partial charge in [0.1, 0.15) is 0 Å². The lowest BCUT2D eigenvalue weighted by molar-refractivity contribution is 0.883. The van der Waals surface area contributed by atoms with E-state index < -0.39 is 0 Å². The van der Waals surface area contributed by atoms with Crippen molar-refractivity contribution in [3.05, 3.63) is 52.8 Å². The Kier molecular flexibility index (Phi) is 4.45. The molecule has 0 saturated carbocycles. The number of aromatic nitrogens is 1. The number of hydrogen-bond acceptors (Lipinski definition) is 2. The molecule has 0 radical (unpaired) electrons. The molecule has 2 nitrogen and oxygen atoms in total. The number of hydrogen-bond donors (Lipinski definition) is 0. The van der Waals surface area contributed by atoms with Crippen LogP contribution >= 0.6 is 23.2 Å². The van der Waals surface area contributed by atoms with Crippen molar-refractivity contribution in [1.29, 1.82) is 0 Å². The minimum Gasteiger partial charge on any atom is -0.340 e. The van der Waals surface area contributed by atoms with Gasteiger partial charge in [-0.3, -0.25) is 4.98 Å². The molecule has 2 aromatic rings. The highest BCUT2D eigenvalue weighted by molar-refractivity contribution is 6.35. The van der Waals surface area contributed by atoms with Gasteiger partial charge >= 0.3 is 0 Å². The van der Waals surface area contributed by atoms with Crippen LogP contribution in [0.2, 0.25) is 10.0 Å². The average Bonchev–Trinajstić information content (AvgIpc) is 2.36. The van der Waals surface area contributed by atoms with E-state index in [0.29, 0.717) is 10.0 Å². The van der Waals surface area contributed by atoms with E-state index >= 15 is 0 Å². The first-order valence-electron chi connectivity index (χ1n) is 5.84. The molecule has 0 bridgehead atoms. The number of rotatable bonds is 4. The van der Waals surface area contributed by atoms with E-state index in [1.165, 1.54) is 0 Å². The van der Waals surface area contributed by atoms with Gasteiger partial charge in [0.15, 0.2) is 0 Å². The van der Waals surface area contributed by atoms with Gasteiger partial charge in [0, 0.05) is 28.5 Å². The minimum absolute atomic E-state index is 0.641. The molecule has 0 aliphatic heterocycles. The molecule has 0 aliphatic carbocycles. The fourth-order valence-corrected chi connectivity index (χ4v) is 2.35. The summed E-state index contributed by atoms with van der Waals surface area (Å²) < 4.78 is 0. The molecule has 0 spiro atoms. The smallest absolute Gasteiger partial charge is 0.0597 e. The van der Waals surface area contributed by atoms with E-state index in [1.807, 2.05) is 30.5 Å². The SMILES string of the molecule is CCCN(c1cccnc1)c1cc(Cl)cc(Cl)c1. The second-order valence-electron chi connectivity index (χ2n) is 3.99. The second-order valence-corrected chi connectivity index (χ2v) is 4.86. The highest BCUT2D eigenvalue weighted by atomic mass is 35.5. The number of nitrogens with zero attached hydrogens (tertiary/aromatic N) is 2. The Hall–Kier alpha value is -1.25. The van der Waals surface area contributed by atoms with Crippen LogP contribution in [0.5, 0.6) is 0 Å². The van der Waals surface area contributed by atoms with E-state index in [9.17, 15) is 0 Å². The molecule has 1 heterocycles. The Morgan fingerprint density at radius 2 is 1.83 bits per heavy atom. The molecular weight excluding hydrogens is 267 g/mol. The zero-order chi connectivity index (χ0) is 13.0. The van der Waals surface area contributed by atoms with Gasteiger partial charge in [-0.25, -0.2) is 0 Å². The number of anilines is 2. The van der Waals surface area contributed by atoms with Crippen molar-refractivity contribution in [2.45, 2.75) is 13.3 Å². The van der Waals surface area contributed by atoms with Crippen molar-refractivity contribution < 1.29 is 0 Å². The van der Waals surface area contributed by atoms with Gasteiger partial charge in [0.05, 0.1) is 11.9 Å². The van der Waals surface area contributed by atoms with Crippen LogP contribution in [0.3, 0.4) is 0 Å². The number of halogens is 2. The Morgan fingerprint density at radius 3 is 2.39 bits per heavy atom. The zero-order valence-electron chi connectivity index (χ0n) is 10.1. The fraction of sp³-hybridized carbons (Fsp3) is 0.214. The largest absolute Gasteiger partial charge is 0.340 e. The quantitative estimate of drug-likeness (QED) is 0.789. The van der Waals surface area contributed by atoms with Crippen molar-refractivity contribution in [1.82, 2.24) is 4.98 Å². The maximum absolute atomic E-state index is 6.06. The molecule has 0 aliphatic rings. The van der Waals surface area contributed by atoms with Gasteiger partial charge in [-0.15, -0.1) is 0 Å². The molecule has 94 valence electrons. The van der Waals surface area contributed by atoms with Crippen LogP contribution in [0.4, 0.5) is 11.4 Å². The third-order valence-electron chi connectivity index (χ3n) is 2.56. The Morgan fingerprint density at radius 1 is 1.11 bits per heavy atom. The lowest BCUT2D eigenvalue weighted by atomic mass is 10.2. The predicted octanol–water partition coefficient (Wildman–Crippen LogP) is 4.94. The summed E-state index contributed by atoms with van der Waals surface area (Å²) in [5.74, 6) is 0. The first-order chi connectivity index (χ1) is 8.70. The van der Waals surface area contributed by atoms with Crippen LogP contribution in [0.15, 0.2) is 42.7 Å². The normalized spacial score (nSPS) is 10.4. The Balaban J connectivity index is 2.41. The minimum atomic E-state index is 0.641. The monoisotopic (exact) mass is 280 g/mol. The first-order valence-corrected chi connectivity index (χ1v) is 6.60. The standard InChI is InChI=1S/C14H14Cl2N2/c1-2-6-18(13-4-3-5-17-10-13)14-8-11(15)7-12(16)9-14/h3-5,7-10H,2,6H2,1H3. The van der Waals surface area contributed by atoms with Crippen molar-refractivity contribution >= 4 is 34.6 Å². The fourth-order valence-electron chi connectivity index (χ4n) is 1.84. The summed E-state index contributed by atoms with van der Waals surface area (Å²) in [6.07, 6.45) is 4.63. The van der Waals surface area contributed by atoms with Crippen molar-refractivity contribution in [2.24, 2.45) is 0 Å². The molecule has 18 heavy (non-hydrogen) atoms. The van der Waals surface area contributed by atoms with Gasteiger partial charge in [-0.1, -0.05) is 30.1 Å². The van der Waals surface area contributed by atoms with E-state index in [4.69, 9.17) is 23.2 Å². The lowest BCUT2D eigenvalue weighted by Crippen LogP contribution is -2.17. The van der Waals surface area contributed by atoms with Gasteiger partial charge in [0.2, 0.25) is 0 Å². The average molecular weight is 281 g/mol. The van der Waals surface area contributed by atoms with Crippen LogP contribution in [0.25, 0.3) is 0 Å². The molecule has 2 rings (SSSR count). The Bertz CT molecular complexity index is 494. The summed E-state index contributed by atoms with van der Waals surface area (Å²) >= 11 is 12.1. The topological polar surface area (TPSA) is 16.1 Å². The molecule has 0 atom stereocenters. The molecule has 0 amide bonds. The van der Waals surface area contributed by atoms with Crippen molar-refractivity contribution in [3.63, 3.8) is 0 Å². The maximum atomic E-state index is 6.06. The lowest BCUT2D eigenvalue weighted by Gasteiger charge is -2.24. The molecular formula is C14H14Cl2N2. The van der Waals surface area contributed by atoms with E-state index in [-0.39, 0.29) is 0 Å². The Labute approximate surface area is 117 Å². The predicted molar refractivity (Wildman–Crippen MR) is 78.0 cm³/mol. The van der Waals surface area contributed by atoms with Crippen LogP contribution in [-0.4, -0.2) is 11.5 Å². The molecule has 0 unspecified atom stereocenters. The van der Waals surface area contributed by atoms with Crippen LogP contribution in [-0.2, 0) is 0 Å². The van der Waals surface area contributed by atoms with E-state index in [1.54, 1.807) is 12.3 Å². The number of benzene rings is 1. The third kappa shape index (κ3) is 3.15. The van der Waals surface area contributed by atoms with Crippen molar-refractivity contribution in [3.8, 4) is 0 Å². The molecule has 0 saturated heterocycles. The summed E-state index contributed by atoms with van der Waals surface area (Å²) in [5.41, 5.74) is 2.03. The molecule has 0 N–H and O–H groups in total. The van der Waals surface area contributed by atoms with E-state index in [0.717, 1.165) is 24.3 Å². The molecule has 1 aromatic heterocycles. The van der Waals surface area contributed by atoms with Gasteiger partial charge in [-0.05, 0) is 36.8 Å². The van der Waals surface area contributed by atoms with Gasteiger partial charge in [0.25, 0.3) is 0 Å². The third-order valence-corrected chi connectivity index (χ3v) is 3.00. The first kappa shape index (κ1) is 13.2. The number of pyridine rings is 1. The summed E-state index contributed by atoms with van der Waals surface area (Å²) in [7, 11) is 0. The molecule has 4 heteroatoms. The van der Waals surface area contributed by atoms with Crippen molar-refractivity contribution in [2.75, 3.05) is 11.4 Å². The molecule has 0 fully saturated rings. The summed E-state index contributed by atoms with van der Waals surface area (Å²) in [6.45, 7) is 3.03. The summed E-state index contributed by atoms with van der Waals surface area (Å²) in [4.78, 5) is 6.31. The van der Waals surface area contributed by atoms with E-state index in [2.05, 4.69) is 16.8 Å². The van der Waals surface area contributed by atoms with Crippen LogP contribution in [0.1, 0.15) is 13.3 Å². The van der Waals surface area contributed by atoms with Crippen LogP contribution in [0, 0.1) is 0 Å². The molecule has 1 aromatic carbocycles. The zero-order valence-corrected chi connectivity index (χ0v) is 11.6. The second kappa shape index (κ2) is 6.07. The van der Waals surface area contributed by atoms with Crippen LogP contribution < -0.4 is 4.90 Å². The summed E-state index contributed by atoms with van der Waals surface area (Å²) in [6, 6.07) is 9.51. The van der Waals surface area contributed by atoms with Gasteiger partial charge < -0.3 is 4.90 Å². The highest BCUT2D eigenvalue weighted by Crippen LogP contribution is 2.30. The highest BCUT2D eigenvalue weighted by Gasteiger charge is 2.10.